The van der Waals surface area contributed by atoms with Crippen LogP contribution in [0, 0.1) is 6.92 Å². The minimum absolute atomic E-state index is 0.151. The zero-order chi connectivity index (χ0) is 19.0. The number of hydrogen-bond donors (Lipinski definition) is 1. The topological polar surface area (TPSA) is 76.5 Å². The van der Waals surface area contributed by atoms with E-state index in [-0.39, 0.29) is 4.90 Å². The highest BCUT2D eigenvalue weighted by molar-refractivity contribution is 7.90. The molecule has 1 aliphatic rings. The van der Waals surface area contributed by atoms with Crippen molar-refractivity contribution < 1.29 is 13.2 Å². The summed E-state index contributed by atoms with van der Waals surface area (Å²) in [6.07, 6.45) is 3.37. The van der Waals surface area contributed by atoms with E-state index < -0.39 is 10.0 Å². The van der Waals surface area contributed by atoms with Crippen molar-refractivity contribution in [1.29, 1.82) is 0 Å². The lowest BCUT2D eigenvalue weighted by atomic mass is 10.2. The van der Waals surface area contributed by atoms with Gasteiger partial charge in [-0.1, -0.05) is 6.07 Å². The van der Waals surface area contributed by atoms with E-state index in [0.29, 0.717) is 16.8 Å². The second-order valence-corrected chi connectivity index (χ2v) is 8.36. The standard InChI is InChI=1S/C19H22N4O3S/c1-14-5-6-17(26-2)18(12-14)27(24,25)23-13-16(22-10-8-20-9-11-22)19-15(23)4-3-7-21-19/h3-7,12-13,20H,8-11H2,1-2H3. The zero-order valence-electron chi connectivity index (χ0n) is 15.3. The lowest BCUT2D eigenvalue weighted by molar-refractivity contribution is 0.402. The van der Waals surface area contributed by atoms with E-state index >= 15 is 0 Å². The van der Waals surface area contributed by atoms with Crippen molar-refractivity contribution in [3.63, 3.8) is 0 Å². The number of nitrogens with zero attached hydrogens (tertiary/aromatic N) is 3. The van der Waals surface area contributed by atoms with Crippen LogP contribution in [0.15, 0.2) is 47.6 Å². The summed E-state index contributed by atoms with van der Waals surface area (Å²) < 4.78 is 33.6. The average Bonchev–Trinajstić information content (AvgIpc) is 3.09. The van der Waals surface area contributed by atoms with Gasteiger partial charge >= 0.3 is 0 Å². The second-order valence-electron chi connectivity index (χ2n) is 6.58. The Hall–Kier alpha value is -2.58. The molecule has 142 valence electrons. The van der Waals surface area contributed by atoms with Crippen molar-refractivity contribution in [3.05, 3.63) is 48.3 Å². The minimum atomic E-state index is -3.84. The monoisotopic (exact) mass is 386 g/mol. The van der Waals surface area contributed by atoms with Crippen molar-refractivity contribution in [3.8, 4) is 5.75 Å². The van der Waals surface area contributed by atoms with Crippen molar-refractivity contribution >= 4 is 26.7 Å². The molecule has 1 saturated heterocycles. The Labute approximate surface area is 158 Å². The summed E-state index contributed by atoms with van der Waals surface area (Å²) in [5, 5.41) is 3.31. The molecule has 1 N–H and O–H groups in total. The number of pyridine rings is 1. The first-order chi connectivity index (χ1) is 13.0. The smallest absolute Gasteiger partial charge is 0.271 e. The molecule has 0 aliphatic carbocycles. The number of piperazine rings is 1. The van der Waals surface area contributed by atoms with Gasteiger partial charge in [0.2, 0.25) is 0 Å². The van der Waals surface area contributed by atoms with E-state index in [1.807, 2.05) is 13.0 Å². The molecule has 0 saturated carbocycles. The number of ether oxygens (including phenoxy) is 1. The lowest BCUT2D eigenvalue weighted by Gasteiger charge is -2.28. The van der Waals surface area contributed by atoms with Crippen LogP contribution in [0.1, 0.15) is 5.56 Å². The van der Waals surface area contributed by atoms with E-state index in [0.717, 1.165) is 37.4 Å². The van der Waals surface area contributed by atoms with Crippen LogP contribution < -0.4 is 15.0 Å². The molecule has 0 bridgehead atoms. The molecule has 8 heteroatoms. The molecule has 4 rings (SSSR count). The van der Waals surface area contributed by atoms with Gasteiger partial charge in [-0.05, 0) is 36.8 Å². The fourth-order valence-corrected chi connectivity index (χ4v) is 5.04. The van der Waals surface area contributed by atoms with Gasteiger partial charge in [-0.15, -0.1) is 0 Å². The predicted molar refractivity (Wildman–Crippen MR) is 105 cm³/mol. The predicted octanol–water partition coefficient (Wildman–Crippen LogP) is 2.00. The van der Waals surface area contributed by atoms with Crippen molar-refractivity contribution in [2.75, 3.05) is 38.2 Å². The Bertz CT molecular complexity index is 1090. The van der Waals surface area contributed by atoms with Crippen molar-refractivity contribution in [2.24, 2.45) is 0 Å². The third-order valence-electron chi connectivity index (χ3n) is 4.82. The number of nitrogens with one attached hydrogen (secondary N) is 1. The van der Waals surface area contributed by atoms with Crippen LogP contribution in [0.25, 0.3) is 11.0 Å². The first-order valence-corrected chi connectivity index (χ1v) is 10.3. The molecule has 0 radical (unpaired) electrons. The number of aromatic nitrogens is 2. The molecule has 2 aromatic heterocycles. The molecule has 7 nitrogen and oxygen atoms in total. The van der Waals surface area contributed by atoms with Crippen molar-refractivity contribution in [2.45, 2.75) is 11.8 Å². The van der Waals surface area contributed by atoms with Gasteiger partial charge in [0.25, 0.3) is 10.0 Å². The van der Waals surface area contributed by atoms with Gasteiger partial charge in [0.1, 0.15) is 16.2 Å². The number of benzene rings is 1. The van der Waals surface area contributed by atoms with Gasteiger partial charge in [0.15, 0.2) is 0 Å². The van der Waals surface area contributed by atoms with E-state index in [4.69, 9.17) is 4.74 Å². The van der Waals surface area contributed by atoms with Crippen LogP contribution in [0.3, 0.4) is 0 Å². The Morgan fingerprint density at radius 3 is 2.70 bits per heavy atom. The number of methoxy groups -OCH3 is 1. The van der Waals surface area contributed by atoms with Crippen molar-refractivity contribution in [1.82, 2.24) is 14.3 Å². The number of anilines is 1. The Kier molecular flexibility index (Phi) is 4.53. The fraction of sp³-hybridized carbons (Fsp3) is 0.316. The van der Waals surface area contributed by atoms with Gasteiger partial charge in [-0.25, -0.2) is 12.4 Å². The molecule has 27 heavy (non-hydrogen) atoms. The molecule has 3 aromatic rings. The number of rotatable bonds is 4. The molecule has 1 aliphatic heterocycles. The highest BCUT2D eigenvalue weighted by Gasteiger charge is 2.27. The van der Waals surface area contributed by atoms with Crippen LogP contribution in [0.5, 0.6) is 5.75 Å². The summed E-state index contributed by atoms with van der Waals surface area (Å²) in [6.45, 7) is 5.20. The molecule has 0 spiro atoms. The molecule has 3 heterocycles. The first kappa shape index (κ1) is 17.8. The molecular formula is C19H22N4O3S. The summed E-state index contributed by atoms with van der Waals surface area (Å²) in [7, 11) is -2.36. The Morgan fingerprint density at radius 2 is 1.96 bits per heavy atom. The van der Waals surface area contributed by atoms with E-state index in [1.54, 1.807) is 36.7 Å². The van der Waals surface area contributed by atoms with Gasteiger partial charge in [0, 0.05) is 38.6 Å². The fourth-order valence-electron chi connectivity index (χ4n) is 3.44. The van der Waals surface area contributed by atoms with Crippen LogP contribution in [-0.2, 0) is 10.0 Å². The van der Waals surface area contributed by atoms with E-state index in [9.17, 15) is 8.42 Å². The number of fused-ring (bicyclic) bond motifs is 1. The van der Waals surface area contributed by atoms with Crippen LogP contribution in [-0.4, -0.2) is 50.7 Å². The highest BCUT2D eigenvalue weighted by Crippen LogP contribution is 2.33. The third kappa shape index (κ3) is 3.04. The molecule has 1 fully saturated rings. The molecular weight excluding hydrogens is 364 g/mol. The summed E-state index contributed by atoms with van der Waals surface area (Å²) in [5.74, 6) is 0.329. The molecule has 0 unspecified atom stereocenters. The number of hydrogen-bond acceptors (Lipinski definition) is 6. The zero-order valence-corrected chi connectivity index (χ0v) is 16.2. The van der Waals surface area contributed by atoms with Crippen LogP contribution >= 0.6 is 0 Å². The largest absolute Gasteiger partial charge is 0.495 e. The Morgan fingerprint density at radius 1 is 1.19 bits per heavy atom. The van der Waals surface area contributed by atoms with Gasteiger partial charge in [-0.2, -0.15) is 0 Å². The summed E-state index contributed by atoms with van der Waals surface area (Å²) in [5.41, 5.74) is 2.94. The maximum Gasteiger partial charge on any atom is 0.271 e. The third-order valence-corrected chi connectivity index (χ3v) is 6.51. The summed E-state index contributed by atoms with van der Waals surface area (Å²) in [6, 6.07) is 8.70. The average molecular weight is 386 g/mol. The quantitative estimate of drug-likeness (QED) is 0.739. The Balaban J connectivity index is 1.92. The van der Waals surface area contributed by atoms with Crippen LogP contribution in [0.4, 0.5) is 5.69 Å². The van der Waals surface area contributed by atoms with Gasteiger partial charge in [0.05, 0.1) is 18.3 Å². The highest BCUT2D eigenvalue weighted by atomic mass is 32.2. The van der Waals surface area contributed by atoms with E-state index in [1.165, 1.54) is 11.1 Å². The molecule has 1 aromatic carbocycles. The maximum absolute atomic E-state index is 13.5. The second kappa shape index (κ2) is 6.86. The van der Waals surface area contributed by atoms with Gasteiger partial charge < -0.3 is 15.0 Å². The molecule has 0 amide bonds. The SMILES string of the molecule is COc1ccc(C)cc1S(=O)(=O)n1cc(N2CCNCC2)c2ncccc21. The lowest BCUT2D eigenvalue weighted by Crippen LogP contribution is -2.43. The van der Waals surface area contributed by atoms with Gasteiger partial charge in [-0.3, -0.25) is 4.98 Å². The van der Waals surface area contributed by atoms with Crippen LogP contribution in [0.2, 0.25) is 0 Å². The molecule has 0 atom stereocenters. The summed E-state index contributed by atoms with van der Waals surface area (Å²) >= 11 is 0. The number of aryl methyl sites for hydroxylation is 1. The normalized spacial score (nSPS) is 15.3. The first-order valence-electron chi connectivity index (χ1n) is 8.84. The summed E-state index contributed by atoms with van der Waals surface area (Å²) in [4.78, 5) is 6.79. The maximum atomic E-state index is 13.5. The van der Waals surface area contributed by atoms with E-state index in [2.05, 4.69) is 15.2 Å². The minimum Gasteiger partial charge on any atom is -0.495 e.